The number of nitrogens with two attached hydrogens (primary N) is 1. The number of rotatable bonds is 4. The number of benzene rings is 1. The summed E-state index contributed by atoms with van der Waals surface area (Å²) >= 11 is 12.1. The van der Waals surface area contributed by atoms with Gasteiger partial charge in [0.05, 0.1) is 12.2 Å². The molecular formula is C11H15Cl2NO. The highest BCUT2D eigenvalue weighted by atomic mass is 35.5. The molecule has 0 aliphatic heterocycles. The van der Waals surface area contributed by atoms with Crippen molar-refractivity contribution in [3.05, 3.63) is 33.8 Å². The molecular weight excluding hydrogens is 233 g/mol. The molecule has 1 unspecified atom stereocenters. The van der Waals surface area contributed by atoms with Gasteiger partial charge < -0.3 is 10.5 Å². The van der Waals surface area contributed by atoms with Crippen LogP contribution in [0.25, 0.3) is 0 Å². The summed E-state index contributed by atoms with van der Waals surface area (Å²) in [5, 5.41) is 1.19. The van der Waals surface area contributed by atoms with E-state index >= 15 is 0 Å². The Balaban J connectivity index is 3.00. The molecule has 0 saturated heterocycles. The average molecular weight is 248 g/mol. The molecule has 1 rings (SSSR count). The van der Waals surface area contributed by atoms with E-state index in [0.717, 1.165) is 5.56 Å². The van der Waals surface area contributed by atoms with Gasteiger partial charge in [0.2, 0.25) is 0 Å². The number of hydrogen-bond donors (Lipinski definition) is 1. The van der Waals surface area contributed by atoms with Crippen molar-refractivity contribution in [1.29, 1.82) is 0 Å². The van der Waals surface area contributed by atoms with Crippen LogP contribution in [-0.4, -0.2) is 12.6 Å². The summed E-state index contributed by atoms with van der Waals surface area (Å²) in [4.78, 5) is 0. The molecule has 0 fully saturated rings. The summed E-state index contributed by atoms with van der Waals surface area (Å²) in [6.07, 6.45) is -0.155. The third kappa shape index (κ3) is 3.35. The van der Waals surface area contributed by atoms with E-state index in [2.05, 4.69) is 0 Å². The molecule has 1 aromatic carbocycles. The molecule has 0 saturated carbocycles. The number of hydrogen-bond acceptors (Lipinski definition) is 2. The quantitative estimate of drug-likeness (QED) is 0.886. The summed E-state index contributed by atoms with van der Waals surface area (Å²) in [5.74, 6) is 0. The predicted molar refractivity (Wildman–Crippen MR) is 64.5 cm³/mol. The second-order valence-corrected chi connectivity index (χ2v) is 4.36. The first-order valence-electron chi connectivity index (χ1n) is 4.85. The van der Waals surface area contributed by atoms with Crippen molar-refractivity contribution in [2.24, 2.45) is 5.73 Å². The predicted octanol–water partition coefficient (Wildman–Crippen LogP) is 3.42. The van der Waals surface area contributed by atoms with Gasteiger partial charge >= 0.3 is 0 Å². The van der Waals surface area contributed by atoms with Crippen molar-refractivity contribution in [3.8, 4) is 0 Å². The van der Waals surface area contributed by atoms with Crippen LogP contribution in [0.4, 0.5) is 0 Å². The molecule has 0 spiro atoms. The van der Waals surface area contributed by atoms with Crippen molar-refractivity contribution in [2.75, 3.05) is 6.54 Å². The molecule has 0 aliphatic rings. The van der Waals surface area contributed by atoms with Gasteiger partial charge in [-0.05, 0) is 26.0 Å². The van der Waals surface area contributed by atoms with Crippen molar-refractivity contribution < 1.29 is 4.74 Å². The van der Waals surface area contributed by atoms with Crippen LogP contribution >= 0.6 is 23.2 Å². The maximum Gasteiger partial charge on any atom is 0.0979 e. The molecule has 15 heavy (non-hydrogen) atoms. The zero-order chi connectivity index (χ0) is 11.4. The van der Waals surface area contributed by atoms with Crippen LogP contribution in [0, 0.1) is 0 Å². The lowest BCUT2D eigenvalue weighted by molar-refractivity contribution is 0.0121. The van der Waals surface area contributed by atoms with Crippen LogP contribution in [0.2, 0.25) is 10.0 Å². The minimum Gasteiger partial charge on any atom is -0.369 e. The van der Waals surface area contributed by atoms with E-state index < -0.39 is 0 Å². The molecule has 1 atom stereocenters. The topological polar surface area (TPSA) is 35.2 Å². The Kier molecular flexibility index (Phi) is 4.87. The van der Waals surface area contributed by atoms with Crippen LogP contribution in [0.1, 0.15) is 25.5 Å². The third-order valence-electron chi connectivity index (χ3n) is 1.97. The summed E-state index contributed by atoms with van der Waals surface area (Å²) < 4.78 is 5.65. The SMILES string of the molecule is CC(C)OC(CN)c1c(Cl)cccc1Cl. The largest absolute Gasteiger partial charge is 0.369 e. The fourth-order valence-corrected chi connectivity index (χ4v) is 2.03. The van der Waals surface area contributed by atoms with Crippen LogP contribution in [0.5, 0.6) is 0 Å². The van der Waals surface area contributed by atoms with E-state index in [9.17, 15) is 0 Å². The lowest BCUT2D eigenvalue weighted by Gasteiger charge is -2.21. The molecule has 0 bridgehead atoms. The Bertz CT molecular complexity index is 308. The maximum absolute atomic E-state index is 6.07. The standard InChI is InChI=1S/C11H15Cl2NO/c1-7(2)15-10(6-14)11-8(12)4-3-5-9(11)13/h3-5,7,10H,6,14H2,1-2H3. The average Bonchev–Trinajstić information content (AvgIpc) is 2.15. The zero-order valence-corrected chi connectivity index (χ0v) is 10.3. The van der Waals surface area contributed by atoms with Crippen molar-refractivity contribution >= 4 is 23.2 Å². The van der Waals surface area contributed by atoms with E-state index in [1.807, 2.05) is 13.8 Å². The Morgan fingerprint density at radius 3 is 2.20 bits per heavy atom. The Morgan fingerprint density at radius 1 is 1.27 bits per heavy atom. The Labute approximate surface area is 100 Å². The van der Waals surface area contributed by atoms with E-state index in [4.69, 9.17) is 33.7 Å². The van der Waals surface area contributed by atoms with Gasteiger partial charge in [0, 0.05) is 22.2 Å². The van der Waals surface area contributed by atoms with Crippen molar-refractivity contribution in [3.63, 3.8) is 0 Å². The molecule has 0 radical (unpaired) electrons. The third-order valence-corrected chi connectivity index (χ3v) is 2.63. The van der Waals surface area contributed by atoms with Gasteiger partial charge in [0.1, 0.15) is 0 Å². The van der Waals surface area contributed by atoms with Crippen LogP contribution in [-0.2, 0) is 4.74 Å². The van der Waals surface area contributed by atoms with E-state index in [0.29, 0.717) is 16.6 Å². The molecule has 1 aromatic rings. The highest BCUT2D eigenvalue weighted by Crippen LogP contribution is 2.32. The lowest BCUT2D eigenvalue weighted by Crippen LogP contribution is -2.20. The molecule has 0 aromatic heterocycles. The number of halogens is 2. The Morgan fingerprint density at radius 2 is 1.80 bits per heavy atom. The maximum atomic E-state index is 6.07. The summed E-state index contributed by atoms with van der Waals surface area (Å²) in [6, 6.07) is 5.38. The molecule has 0 heterocycles. The summed E-state index contributed by atoms with van der Waals surface area (Å²) in [5.41, 5.74) is 6.42. The van der Waals surface area contributed by atoms with Crippen LogP contribution < -0.4 is 5.73 Å². The van der Waals surface area contributed by atoms with Gasteiger partial charge in [-0.1, -0.05) is 29.3 Å². The monoisotopic (exact) mass is 247 g/mol. The van der Waals surface area contributed by atoms with Gasteiger partial charge in [-0.2, -0.15) is 0 Å². The first-order valence-corrected chi connectivity index (χ1v) is 5.61. The first-order chi connectivity index (χ1) is 7.06. The van der Waals surface area contributed by atoms with Gasteiger partial charge in [-0.25, -0.2) is 0 Å². The Hall–Kier alpha value is -0.280. The first kappa shape index (κ1) is 12.8. The second kappa shape index (κ2) is 5.71. The molecule has 84 valence electrons. The lowest BCUT2D eigenvalue weighted by atomic mass is 10.1. The fraction of sp³-hybridized carbons (Fsp3) is 0.455. The van der Waals surface area contributed by atoms with Crippen LogP contribution in [0.3, 0.4) is 0 Å². The van der Waals surface area contributed by atoms with Gasteiger partial charge in [-0.15, -0.1) is 0 Å². The number of ether oxygens (including phenoxy) is 1. The van der Waals surface area contributed by atoms with Gasteiger partial charge in [0.15, 0.2) is 0 Å². The van der Waals surface area contributed by atoms with E-state index in [1.54, 1.807) is 18.2 Å². The van der Waals surface area contributed by atoms with Gasteiger partial charge in [-0.3, -0.25) is 0 Å². The molecule has 2 N–H and O–H groups in total. The fourth-order valence-electron chi connectivity index (χ4n) is 1.39. The minimum atomic E-state index is -0.244. The summed E-state index contributed by atoms with van der Waals surface area (Å²) in [6.45, 7) is 4.27. The highest BCUT2D eigenvalue weighted by Gasteiger charge is 2.18. The normalized spacial score (nSPS) is 13.2. The van der Waals surface area contributed by atoms with E-state index in [1.165, 1.54) is 0 Å². The highest BCUT2D eigenvalue weighted by molar-refractivity contribution is 6.36. The van der Waals surface area contributed by atoms with Crippen molar-refractivity contribution in [1.82, 2.24) is 0 Å². The molecule has 4 heteroatoms. The summed E-state index contributed by atoms with van der Waals surface area (Å²) in [7, 11) is 0. The molecule has 2 nitrogen and oxygen atoms in total. The molecule has 0 aliphatic carbocycles. The zero-order valence-electron chi connectivity index (χ0n) is 8.84. The van der Waals surface area contributed by atoms with Crippen LogP contribution in [0.15, 0.2) is 18.2 Å². The smallest absolute Gasteiger partial charge is 0.0979 e. The molecule has 0 amide bonds. The van der Waals surface area contributed by atoms with Crippen molar-refractivity contribution in [2.45, 2.75) is 26.1 Å². The minimum absolute atomic E-state index is 0.0888. The van der Waals surface area contributed by atoms with Gasteiger partial charge in [0.25, 0.3) is 0 Å². The second-order valence-electron chi connectivity index (χ2n) is 3.54. The van der Waals surface area contributed by atoms with E-state index in [-0.39, 0.29) is 12.2 Å².